The van der Waals surface area contributed by atoms with Crippen molar-refractivity contribution in [3.05, 3.63) is 57.2 Å². The van der Waals surface area contributed by atoms with E-state index in [1.165, 1.54) is 18.3 Å². The van der Waals surface area contributed by atoms with E-state index in [4.69, 9.17) is 16.3 Å². The van der Waals surface area contributed by atoms with Crippen molar-refractivity contribution >= 4 is 28.9 Å². The van der Waals surface area contributed by atoms with Gasteiger partial charge in [-0.3, -0.25) is 9.59 Å². The lowest BCUT2D eigenvalue weighted by Gasteiger charge is -2.29. The summed E-state index contributed by atoms with van der Waals surface area (Å²) in [6.07, 6.45) is 1.35. The second-order valence-corrected chi connectivity index (χ2v) is 5.66. The van der Waals surface area contributed by atoms with Crippen LogP contribution in [0.4, 0.5) is 15.8 Å². The molecule has 0 aliphatic carbocycles. The van der Waals surface area contributed by atoms with Crippen molar-refractivity contribution in [1.82, 2.24) is 4.98 Å². The lowest BCUT2D eigenvalue weighted by atomic mass is 10.2. The molecule has 6 nitrogen and oxygen atoms in total. The fourth-order valence-corrected chi connectivity index (χ4v) is 2.74. The highest BCUT2D eigenvalue weighted by Gasteiger charge is 2.18. The van der Waals surface area contributed by atoms with Crippen molar-refractivity contribution in [2.75, 3.05) is 36.5 Å². The van der Waals surface area contributed by atoms with Crippen LogP contribution in [0, 0.1) is 5.82 Å². The molecule has 2 aromatic rings. The largest absolute Gasteiger partial charge is 0.378 e. The number of pyridine rings is 1. The van der Waals surface area contributed by atoms with Crippen LogP contribution in [0.3, 0.4) is 0 Å². The molecule has 1 fully saturated rings. The quantitative estimate of drug-likeness (QED) is 0.889. The van der Waals surface area contributed by atoms with Crippen LogP contribution in [0.25, 0.3) is 0 Å². The number of anilines is 2. The van der Waals surface area contributed by atoms with Crippen LogP contribution in [-0.2, 0) is 4.74 Å². The van der Waals surface area contributed by atoms with Gasteiger partial charge in [0.2, 0.25) is 0 Å². The number of morpholine rings is 1. The second-order valence-electron chi connectivity index (χ2n) is 5.25. The third kappa shape index (κ3) is 3.42. The van der Waals surface area contributed by atoms with Crippen LogP contribution in [0.5, 0.6) is 0 Å². The molecule has 0 spiro atoms. The molecule has 24 heavy (non-hydrogen) atoms. The summed E-state index contributed by atoms with van der Waals surface area (Å²) in [7, 11) is 0. The number of nitrogens with one attached hydrogen (secondary N) is 2. The fraction of sp³-hybridized carbons (Fsp3) is 0.250. The van der Waals surface area contributed by atoms with Gasteiger partial charge >= 0.3 is 0 Å². The van der Waals surface area contributed by atoms with Gasteiger partial charge in [0.25, 0.3) is 11.5 Å². The number of aromatic nitrogens is 1. The van der Waals surface area contributed by atoms with Crippen molar-refractivity contribution < 1.29 is 13.9 Å². The molecule has 1 saturated heterocycles. The van der Waals surface area contributed by atoms with Gasteiger partial charge in [-0.05, 0) is 24.3 Å². The van der Waals surface area contributed by atoms with Crippen molar-refractivity contribution in [3.63, 3.8) is 0 Å². The molecule has 1 aromatic heterocycles. The summed E-state index contributed by atoms with van der Waals surface area (Å²) >= 11 is 5.88. The third-order valence-corrected chi connectivity index (χ3v) is 4.01. The number of ether oxygens (including phenoxy) is 1. The van der Waals surface area contributed by atoms with Crippen molar-refractivity contribution in [3.8, 4) is 0 Å². The summed E-state index contributed by atoms with van der Waals surface area (Å²) in [6, 6.07) is 5.79. The number of H-pyrrole nitrogens is 1. The van der Waals surface area contributed by atoms with Gasteiger partial charge in [0, 0.05) is 25.0 Å². The maximum atomic E-state index is 14.3. The molecule has 1 aliphatic heterocycles. The maximum absolute atomic E-state index is 14.3. The number of hydrogen-bond donors (Lipinski definition) is 2. The Labute approximate surface area is 142 Å². The molecule has 8 heteroatoms. The highest BCUT2D eigenvalue weighted by molar-refractivity contribution is 6.34. The van der Waals surface area contributed by atoms with E-state index >= 15 is 0 Å². The smallest absolute Gasteiger partial charge is 0.262 e. The zero-order valence-corrected chi connectivity index (χ0v) is 13.4. The zero-order chi connectivity index (χ0) is 17.1. The fourth-order valence-electron chi connectivity index (χ4n) is 2.51. The van der Waals surface area contributed by atoms with E-state index in [9.17, 15) is 14.0 Å². The molecule has 0 unspecified atom stereocenters. The zero-order valence-electron chi connectivity index (χ0n) is 12.6. The molecular weight excluding hydrogens is 337 g/mol. The van der Waals surface area contributed by atoms with E-state index in [0.717, 1.165) is 0 Å². The van der Waals surface area contributed by atoms with Crippen LogP contribution in [0.1, 0.15) is 10.4 Å². The summed E-state index contributed by atoms with van der Waals surface area (Å²) in [5.41, 5.74) is -0.122. The Bertz CT molecular complexity index is 818. The molecule has 0 bridgehead atoms. The summed E-state index contributed by atoms with van der Waals surface area (Å²) in [6.45, 7) is 2.32. The Morgan fingerprint density at radius 2 is 2.04 bits per heavy atom. The van der Waals surface area contributed by atoms with E-state index < -0.39 is 17.3 Å². The number of carbonyl (C=O) groups excluding carboxylic acids is 1. The lowest BCUT2D eigenvalue weighted by Crippen LogP contribution is -2.36. The number of amides is 1. The molecule has 126 valence electrons. The van der Waals surface area contributed by atoms with E-state index in [-0.39, 0.29) is 16.3 Å². The maximum Gasteiger partial charge on any atom is 0.262 e. The van der Waals surface area contributed by atoms with E-state index in [1.807, 2.05) is 4.90 Å². The van der Waals surface area contributed by atoms with E-state index in [1.54, 1.807) is 12.1 Å². The summed E-state index contributed by atoms with van der Waals surface area (Å²) in [5.74, 6) is -1.15. The highest BCUT2D eigenvalue weighted by atomic mass is 35.5. The Balaban J connectivity index is 1.79. The first-order chi connectivity index (χ1) is 11.6. The van der Waals surface area contributed by atoms with Gasteiger partial charge in [0.1, 0.15) is 11.4 Å². The van der Waals surface area contributed by atoms with Gasteiger partial charge in [-0.25, -0.2) is 4.39 Å². The molecule has 0 radical (unpaired) electrons. The van der Waals surface area contributed by atoms with Crippen molar-refractivity contribution in [2.45, 2.75) is 0 Å². The van der Waals surface area contributed by atoms with Crippen molar-refractivity contribution in [2.24, 2.45) is 0 Å². The van der Waals surface area contributed by atoms with Crippen LogP contribution < -0.4 is 15.8 Å². The minimum atomic E-state index is -0.694. The minimum absolute atomic E-state index is 0.0293. The summed E-state index contributed by atoms with van der Waals surface area (Å²) < 4.78 is 19.6. The van der Waals surface area contributed by atoms with E-state index in [0.29, 0.717) is 32.0 Å². The SMILES string of the molecule is O=C(Nc1ccc(N2CCOCC2)c(F)c1)c1c(Cl)cc[nH]c1=O. The monoisotopic (exact) mass is 351 g/mol. The summed E-state index contributed by atoms with van der Waals surface area (Å²) in [5, 5.41) is 2.51. The standard InChI is InChI=1S/C16H15ClFN3O3/c17-11-3-4-19-15(22)14(11)16(23)20-10-1-2-13(12(18)9-10)21-5-7-24-8-6-21/h1-4,9H,5-8H2,(H,19,22)(H,20,23). The number of nitrogens with zero attached hydrogens (tertiary/aromatic N) is 1. The first kappa shape index (κ1) is 16.5. The van der Waals surface area contributed by atoms with Crippen LogP contribution >= 0.6 is 11.6 Å². The predicted octanol–water partition coefficient (Wildman–Crippen LogP) is 2.26. The molecule has 1 aliphatic rings. The average Bonchev–Trinajstić information content (AvgIpc) is 2.55. The van der Waals surface area contributed by atoms with Gasteiger partial charge in [-0.1, -0.05) is 11.6 Å². The Morgan fingerprint density at radius 1 is 1.29 bits per heavy atom. The van der Waals surface area contributed by atoms with Gasteiger partial charge in [-0.2, -0.15) is 0 Å². The van der Waals surface area contributed by atoms with Gasteiger partial charge in [-0.15, -0.1) is 0 Å². The highest BCUT2D eigenvalue weighted by Crippen LogP contribution is 2.24. The molecule has 3 rings (SSSR count). The van der Waals surface area contributed by atoms with Crippen LogP contribution in [0.15, 0.2) is 35.3 Å². The first-order valence-electron chi connectivity index (χ1n) is 7.37. The first-order valence-corrected chi connectivity index (χ1v) is 7.75. The number of rotatable bonds is 3. The molecular formula is C16H15ClFN3O3. The van der Waals surface area contributed by atoms with Crippen molar-refractivity contribution in [1.29, 1.82) is 0 Å². The Morgan fingerprint density at radius 3 is 2.71 bits per heavy atom. The topological polar surface area (TPSA) is 74.4 Å². The Hall–Kier alpha value is -2.38. The number of carbonyl (C=O) groups is 1. The number of halogens is 2. The predicted molar refractivity (Wildman–Crippen MR) is 89.5 cm³/mol. The molecule has 0 atom stereocenters. The van der Waals surface area contributed by atoms with Crippen LogP contribution in [-0.4, -0.2) is 37.2 Å². The van der Waals surface area contributed by atoms with Crippen LogP contribution in [0.2, 0.25) is 5.02 Å². The second kappa shape index (κ2) is 7.02. The molecule has 2 heterocycles. The molecule has 1 aromatic carbocycles. The van der Waals surface area contributed by atoms with Gasteiger partial charge < -0.3 is 19.9 Å². The average molecular weight is 352 g/mol. The summed E-state index contributed by atoms with van der Waals surface area (Å²) in [4.78, 5) is 28.2. The molecule has 1 amide bonds. The number of hydrogen-bond acceptors (Lipinski definition) is 4. The number of aromatic amines is 1. The lowest BCUT2D eigenvalue weighted by molar-refractivity contribution is 0.102. The van der Waals surface area contributed by atoms with Gasteiger partial charge in [0.05, 0.1) is 23.9 Å². The molecule has 0 saturated carbocycles. The van der Waals surface area contributed by atoms with E-state index in [2.05, 4.69) is 10.3 Å². The number of benzene rings is 1. The molecule has 2 N–H and O–H groups in total. The third-order valence-electron chi connectivity index (χ3n) is 3.69. The minimum Gasteiger partial charge on any atom is -0.378 e. The van der Waals surface area contributed by atoms with Gasteiger partial charge in [0.15, 0.2) is 0 Å². The normalized spacial score (nSPS) is 14.5. The Kier molecular flexibility index (Phi) is 4.82.